The predicted octanol–water partition coefficient (Wildman–Crippen LogP) is 4.36. The molecule has 0 atom stereocenters. The molecule has 17 nitrogen and oxygen atoms in total. The van der Waals surface area contributed by atoms with E-state index < -0.39 is 77.2 Å². The summed E-state index contributed by atoms with van der Waals surface area (Å²) in [6.07, 6.45) is 0. The Hall–Kier alpha value is -4.22. The number of rotatable bonds is 8. The number of phenols is 1. The van der Waals surface area contributed by atoms with E-state index in [0.29, 0.717) is 0 Å². The van der Waals surface area contributed by atoms with Crippen molar-refractivity contribution < 1.29 is 57.0 Å². The Balaban J connectivity index is 1.79. The van der Waals surface area contributed by atoms with E-state index in [-0.39, 0.29) is 22.1 Å². The second kappa shape index (κ2) is 11.1. The molecule has 4 rings (SSSR count). The van der Waals surface area contributed by atoms with Crippen LogP contribution in [-0.2, 0) is 40.5 Å². The lowest BCUT2D eigenvalue weighted by atomic mass is 10.1. The summed E-state index contributed by atoms with van der Waals surface area (Å²) >= 11 is 0. The molecule has 0 bridgehead atoms. The number of phenolic OH excluding ortho intramolecular Hbond substituents is 1. The second-order valence-electron chi connectivity index (χ2n) is 8.40. The van der Waals surface area contributed by atoms with Gasteiger partial charge in [-0.25, -0.2) is 0 Å². The Bertz CT molecular complexity index is 2290. The van der Waals surface area contributed by atoms with Gasteiger partial charge in [-0.1, -0.05) is 0 Å². The van der Waals surface area contributed by atoms with Crippen molar-refractivity contribution in [2.45, 2.75) is 19.6 Å². The Morgan fingerprint density at radius 2 is 1.02 bits per heavy atom. The minimum Gasteiger partial charge on any atom is -0.505 e. The topological polar surface area (TPSA) is 287 Å². The average Bonchev–Trinajstić information content (AvgIpc) is 2.89. The van der Waals surface area contributed by atoms with Gasteiger partial charge in [0, 0.05) is 5.39 Å². The van der Waals surface area contributed by atoms with E-state index in [2.05, 4.69) is 20.5 Å². The SMILES string of the molecule is O=S(=O)(O)c1ccc(N=Nc2ccc(N=Nc3c(S(=O)(=O)O)cc4cc(S(=O)(=O)O)ccc4c3O)c(S(=O)(=O)O)c2)cc1. The summed E-state index contributed by atoms with van der Waals surface area (Å²) in [5, 5.41) is 25.0. The van der Waals surface area contributed by atoms with E-state index in [9.17, 15) is 52.4 Å². The van der Waals surface area contributed by atoms with Gasteiger partial charge in [-0.3, -0.25) is 18.2 Å². The van der Waals surface area contributed by atoms with Crippen LogP contribution < -0.4 is 0 Å². The molecule has 43 heavy (non-hydrogen) atoms. The first-order valence-electron chi connectivity index (χ1n) is 11.0. The van der Waals surface area contributed by atoms with Gasteiger partial charge < -0.3 is 5.11 Å². The standard InChI is InChI=1S/C22H16N4O13S4/c27-22-17-7-6-16(41(31,32)33)9-12(17)10-20(43(37,38)39)21(22)26-25-18-8-3-14(11-19(18)42(34,35)36)24-23-13-1-4-15(5-2-13)40(28,29)30/h1-11,27H,(H,28,29,30)(H,31,32,33)(H,34,35,36)(H,37,38,39). The van der Waals surface area contributed by atoms with Crippen molar-refractivity contribution in [2.24, 2.45) is 20.5 Å². The Morgan fingerprint density at radius 3 is 1.58 bits per heavy atom. The lowest BCUT2D eigenvalue weighted by molar-refractivity contribution is 0.471. The first-order chi connectivity index (χ1) is 19.7. The number of fused-ring (bicyclic) bond motifs is 1. The van der Waals surface area contributed by atoms with Gasteiger partial charge in [0.1, 0.15) is 21.2 Å². The van der Waals surface area contributed by atoms with Gasteiger partial charge in [0.05, 0.1) is 21.2 Å². The predicted molar refractivity (Wildman–Crippen MR) is 146 cm³/mol. The van der Waals surface area contributed by atoms with Crippen LogP contribution in [0.2, 0.25) is 0 Å². The summed E-state index contributed by atoms with van der Waals surface area (Å²) in [7, 11) is -19.4. The summed E-state index contributed by atoms with van der Waals surface area (Å²) < 4.78 is 131. The Morgan fingerprint density at radius 1 is 0.488 bits per heavy atom. The summed E-state index contributed by atoms with van der Waals surface area (Å²) in [6, 6.07) is 10.8. The normalized spacial score (nSPS) is 13.3. The molecular formula is C22H16N4O13S4. The number of nitrogens with zero attached hydrogens (tertiary/aromatic N) is 4. The molecule has 0 fully saturated rings. The van der Waals surface area contributed by atoms with E-state index in [1.807, 2.05) is 0 Å². The van der Waals surface area contributed by atoms with Crippen LogP contribution in [0.4, 0.5) is 22.7 Å². The van der Waals surface area contributed by atoms with E-state index in [1.54, 1.807) is 0 Å². The first kappa shape index (κ1) is 31.7. The molecule has 0 unspecified atom stereocenters. The van der Waals surface area contributed by atoms with Crippen LogP contribution in [0.25, 0.3) is 10.8 Å². The molecule has 4 aromatic carbocycles. The number of aromatic hydroxyl groups is 1. The van der Waals surface area contributed by atoms with Crippen LogP contribution >= 0.6 is 0 Å². The maximum Gasteiger partial charge on any atom is 0.296 e. The highest BCUT2D eigenvalue weighted by Gasteiger charge is 2.24. The maximum absolute atomic E-state index is 12.1. The summed E-state index contributed by atoms with van der Waals surface area (Å²) in [5.41, 5.74) is -1.53. The summed E-state index contributed by atoms with van der Waals surface area (Å²) in [5.74, 6) is -0.922. The highest BCUT2D eigenvalue weighted by atomic mass is 32.2. The monoisotopic (exact) mass is 672 g/mol. The number of hydrogen-bond acceptors (Lipinski definition) is 13. The van der Waals surface area contributed by atoms with E-state index >= 15 is 0 Å². The van der Waals surface area contributed by atoms with E-state index in [0.717, 1.165) is 54.6 Å². The lowest BCUT2D eigenvalue weighted by Crippen LogP contribution is -2.01. The lowest BCUT2D eigenvalue weighted by Gasteiger charge is -2.10. The molecule has 0 saturated carbocycles. The van der Waals surface area contributed by atoms with Crippen LogP contribution in [0, 0.1) is 0 Å². The van der Waals surface area contributed by atoms with Crippen molar-refractivity contribution in [3.63, 3.8) is 0 Å². The van der Waals surface area contributed by atoms with Crippen LogP contribution in [0.5, 0.6) is 5.75 Å². The molecule has 0 saturated heterocycles. The molecule has 226 valence electrons. The third-order valence-electron chi connectivity index (χ3n) is 5.49. The molecule has 0 aliphatic heterocycles. The molecule has 0 spiro atoms. The van der Waals surface area contributed by atoms with Gasteiger partial charge in [-0.05, 0) is 72.1 Å². The van der Waals surface area contributed by atoms with Crippen molar-refractivity contribution in [3.8, 4) is 5.75 Å². The van der Waals surface area contributed by atoms with Gasteiger partial charge in [-0.15, -0.1) is 10.2 Å². The quantitative estimate of drug-likeness (QED) is 0.129. The third kappa shape index (κ3) is 7.23. The average molecular weight is 673 g/mol. The molecule has 0 aliphatic rings. The van der Waals surface area contributed by atoms with Crippen LogP contribution in [0.1, 0.15) is 0 Å². The highest BCUT2D eigenvalue weighted by molar-refractivity contribution is 7.86. The molecule has 0 amide bonds. The van der Waals surface area contributed by atoms with Crippen molar-refractivity contribution in [2.75, 3.05) is 0 Å². The fraction of sp³-hybridized carbons (Fsp3) is 0. The molecular weight excluding hydrogens is 657 g/mol. The van der Waals surface area contributed by atoms with Gasteiger partial charge in [0.2, 0.25) is 0 Å². The van der Waals surface area contributed by atoms with Crippen LogP contribution in [0.3, 0.4) is 0 Å². The highest BCUT2D eigenvalue weighted by Crippen LogP contribution is 2.42. The zero-order valence-corrected chi connectivity index (χ0v) is 24.0. The second-order valence-corrected chi connectivity index (χ2v) is 14.0. The molecule has 0 aromatic heterocycles. The Kier molecular flexibility index (Phi) is 8.20. The zero-order chi connectivity index (χ0) is 32.0. The molecule has 0 radical (unpaired) electrons. The van der Waals surface area contributed by atoms with E-state index in [1.165, 1.54) is 12.1 Å². The van der Waals surface area contributed by atoms with Gasteiger partial charge in [0.25, 0.3) is 40.5 Å². The van der Waals surface area contributed by atoms with Gasteiger partial charge in [-0.2, -0.15) is 43.9 Å². The summed E-state index contributed by atoms with van der Waals surface area (Å²) in [6.45, 7) is 0. The number of hydrogen-bond donors (Lipinski definition) is 5. The van der Waals surface area contributed by atoms with Crippen LogP contribution in [-0.4, -0.2) is 57.0 Å². The largest absolute Gasteiger partial charge is 0.505 e. The van der Waals surface area contributed by atoms with Crippen LogP contribution in [0.15, 0.2) is 107 Å². The molecule has 0 aliphatic carbocycles. The first-order valence-corrected chi connectivity index (χ1v) is 16.8. The number of azo groups is 2. The fourth-order valence-electron chi connectivity index (χ4n) is 3.54. The van der Waals surface area contributed by atoms with E-state index in [4.69, 9.17) is 4.55 Å². The third-order valence-corrected chi connectivity index (χ3v) is 8.96. The van der Waals surface area contributed by atoms with Gasteiger partial charge in [0.15, 0.2) is 5.75 Å². The molecule has 5 N–H and O–H groups in total. The minimum absolute atomic E-state index is 0.0952. The summed E-state index contributed by atoms with van der Waals surface area (Å²) in [4.78, 5) is -3.01. The number of benzene rings is 4. The van der Waals surface area contributed by atoms with Gasteiger partial charge >= 0.3 is 0 Å². The molecule has 0 heterocycles. The molecule has 21 heteroatoms. The van der Waals surface area contributed by atoms with Crippen molar-refractivity contribution in [1.82, 2.24) is 0 Å². The van der Waals surface area contributed by atoms with Crippen molar-refractivity contribution >= 4 is 74.0 Å². The van der Waals surface area contributed by atoms with Crippen molar-refractivity contribution in [1.29, 1.82) is 0 Å². The van der Waals surface area contributed by atoms with Crippen molar-refractivity contribution in [3.05, 3.63) is 66.7 Å². The fourth-order valence-corrected chi connectivity index (χ4v) is 5.84. The Labute approximate surface area is 242 Å². The molecule has 4 aromatic rings. The maximum atomic E-state index is 12.1. The smallest absolute Gasteiger partial charge is 0.296 e. The minimum atomic E-state index is -5.16. The zero-order valence-electron chi connectivity index (χ0n) is 20.8.